The maximum atomic E-state index is 10.7. The van der Waals surface area contributed by atoms with Crippen molar-refractivity contribution in [3.05, 3.63) is 71.8 Å². The van der Waals surface area contributed by atoms with Crippen LogP contribution in [0.2, 0.25) is 0 Å². The standard InChI is InChI=1S/C29H42O3/c1-4-28(2,25-15-7-5-8-16-25)21-13-11-19-27(31)20-12-14-22-29(3,23-32-24-30)26-17-9-6-10-18-26/h5-10,15-18,24,27,31H,4,11-14,19-23H2,1-3H3. The molecule has 0 radical (unpaired) electrons. The van der Waals surface area contributed by atoms with E-state index in [2.05, 4.69) is 63.2 Å². The number of rotatable bonds is 16. The summed E-state index contributed by atoms with van der Waals surface area (Å²) in [5.41, 5.74) is 2.65. The van der Waals surface area contributed by atoms with Crippen LogP contribution in [-0.4, -0.2) is 24.3 Å². The van der Waals surface area contributed by atoms with Crippen LogP contribution < -0.4 is 0 Å². The molecule has 0 aliphatic heterocycles. The summed E-state index contributed by atoms with van der Waals surface area (Å²) in [4.78, 5) is 10.7. The number of ether oxygens (including phenoxy) is 1. The fourth-order valence-electron chi connectivity index (χ4n) is 4.66. The largest absolute Gasteiger partial charge is 0.467 e. The summed E-state index contributed by atoms with van der Waals surface area (Å²) in [6.07, 6.45) is 8.91. The molecule has 0 fully saturated rings. The van der Waals surface area contributed by atoms with Gasteiger partial charge in [0.1, 0.15) is 6.61 Å². The van der Waals surface area contributed by atoms with Crippen molar-refractivity contribution >= 4 is 6.47 Å². The third-order valence-electron chi connectivity index (χ3n) is 7.22. The summed E-state index contributed by atoms with van der Waals surface area (Å²) in [7, 11) is 0. The maximum absolute atomic E-state index is 10.7. The van der Waals surface area contributed by atoms with Crippen molar-refractivity contribution in [2.24, 2.45) is 0 Å². The second-order valence-corrected chi connectivity index (χ2v) is 9.76. The van der Waals surface area contributed by atoms with Crippen LogP contribution in [0.4, 0.5) is 0 Å². The van der Waals surface area contributed by atoms with E-state index in [0.29, 0.717) is 13.1 Å². The molecule has 32 heavy (non-hydrogen) atoms. The van der Waals surface area contributed by atoms with Gasteiger partial charge in [0.15, 0.2) is 0 Å². The Hall–Kier alpha value is -2.13. The highest BCUT2D eigenvalue weighted by molar-refractivity contribution is 5.38. The van der Waals surface area contributed by atoms with Crippen LogP contribution >= 0.6 is 0 Å². The van der Waals surface area contributed by atoms with E-state index in [4.69, 9.17) is 4.74 Å². The zero-order chi connectivity index (χ0) is 23.3. The van der Waals surface area contributed by atoms with Gasteiger partial charge in [-0.15, -0.1) is 0 Å². The molecule has 176 valence electrons. The van der Waals surface area contributed by atoms with Crippen molar-refractivity contribution in [3.63, 3.8) is 0 Å². The first-order valence-corrected chi connectivity index (χ1v) is 12.3. The Morgan fingerprint density at radius 3 is 1.75 bits per heavy atom. The minimum atomic E-state index is -0.228. The summed E-state index contributed by atoms with van der Waals surface area (Å²) in [5, 5.41) is 10.5. The molecule has 2 rings (SSSR count). The van der Waals surface area contributed by atoms with Crippen LogP contribution in [0.25, 0.3) is 0 Å². The van der Waals surface area contributed by atoms with Gasteiger partial charge in [-0.2, -0.15) is 0 Å². The average molecular weight is 439 g/mol. The Labute approximate surface area is 195 Å². The fraction of sp³-hybridized carbons (Fsp3) is 0.552. The molecule has 0 spiro atoms. The first-order chi connectivity index (χ1) is 15.4. The average Bonchev–Trinajstić information content (AvgIpc) is 2.84. The second-order valence-electron chi connectivity index (χ2n) is 9.76. The molecule has 0 saturated carbocycles. The van der Waals surface area contributed by atoms with E-state index in [1.807, 2.05) is 18.2 Å². The lowest BCUT2D eigenvalue weighted by Crippen LogP contribution is -2.28. The predicted molar refractivity (Wildman–Crippen MR) is 133 cm³/mol. The molecule has 3 heteroatoms. The van der Waals surface area contributed by atoms with Gasteiger partial charge in [-0.25, -0.2) is 0 Å². The van der Waals surface area contributed by atoms with Crippen molar-refractivity contribution in [2.45, 2.75) is 95.5 Å². The smallest absolute Gasteiger partial charge is 0.293 e. The van der Waals surface area contributed by atoms with Crippen LogP contribution in [0.15, 0.2) is 60.7 Å². The lowest BCUT2D eigenvalue weighted by Gasteiger charge is -2.29. The molecule has 0 aromatic heterocycles. The number of unbranched alkanes of at least 4 members (excludes halogenated alkanes) is 2. The van der Waals surface area contributed by atoms with E-state index in [9.17, 15) is 9.90 Å². The van der Waals surface area contributed by atoms with Gasteiger partial charge in [-0.1, -0.05) is 107 Å². The molecule has 0 aliphatic carbocycles. The Kier molecular flexibility index (Phi) is 11.0. The van der Waals surface area contributed by atoms with Crippen molar-refractivity contribution < 1.29 is 14.6 Å². The maximum Gasteiger partial charge on any atom is 0.293 e. The Bertz CT molecular complexity index is 760. The SMILES string of the molecule is CCC(C)(CCCCC(O)CCCCC(C)(COC=O)c1ccccc1)c1ccccc1. The summed E-state index contributed by atoms with van der Waals surface area (Å²) in [5.74, 6) is 0. The van der Waals surface area contributed by atoms with E-state index < -0.39 is 0 Å². The van der Waals surface area contributed by atoms with Gasteiger partial charge in [0, 0.05) is 5.41 Å². The highest BCUT2D eigenvalue weighted by Gasteiger charge is 2.27. The predicted octanol–water partition coefficient (Wildman–Crippen LogP) is 6.97. The number of carbonyl (C=O) groups excluding carboxylic acids is 1. The number of hydrogen-bond donors (Lipinski definition) is 1. The van der Waals surface area contributed by atoms with Gasteiger partial charge < -0.3 is 9.84 Å². The molecule has 1 N–H and O–H groups in total. The highest BCUT2D eigenvalue weighted by Crippen LogP contribution is 2.33. The topological polar surface area (TPSA) is 46.5 Å². The molecule has 2 aromatic rings. The molecule has 0 aliphatic rings. The molecule has 0 heterocycles. The zero-order valence-electron chi connectivity index (χ0n) is 20.3. The minimum Gasteiger partial charge on any atom is -0.467 e. The van der Waals surface area contributed by atoms with Crippen molar-refractivity contribution in [1.82, 2.24) is 0 Å². The molecular formula is C29H42O3. The summed E-state index contributed by atoms with van der Waals surface area (Å²) in [6, 6.07) is 21.1. The van der Waals surface area contributed by atoms with Gasteiger partial charge in [0.2, 0.25) is 0 Å². The number of carbonyl (C=O) groups is 1. The third kappa shape index (κ3) is 8.09. The van der Waals surface area contributed by atoms with E-state index >= 15 is 0 Å². The van der Waals surface area contributed by atoms with Crippen LogP contribution in [0, 0.1) is 0 Å². The molecule has 2 aromatic carbocycles. The number of benzene rings is 2. The lowest BCUT2D eigenvalue weighted by atomic mass is 9.76. The first-order valence-electron chi connectivity index (χ1n) is 12.3. The van der Waals surface area contributed by atoms with Crippen molar-refractivity contribution in [3.8, 4) is 0 Å². The van der Waals surface area contributed by atoms with Gasteiger partial charge in [0.05, 0.1) is 6.10 Å². The molecule has 0 amide bonds. The minimum absolute atomic E-state index is 0.185. The first kappa shape index (κ1) is 26.1. The van der Waals surface area contributed by atoms with Gasteiger partial charge in [-0.05, 0) is 48.6 Å². The molecule has 3 unspecified atom stereocenters. The van der Waals surface area contributed by atoms with E-state index in [0.717, 1.165) is 57.8 Å². The summed E-state index contributed by atoms with van der Waals surface area (Å²) in [6.45, 7) is 7.70. The van der Waals surface area contributed by atoms with Gasteiger partial charge in [0.25, 0.3) is 6.47 Å². The van der Waals surface area contributed by atoms with E-state index in [1.54, 1.807) is 0 Å². The van der Waals surface area contributed by atoms with Gasteiger partial charge in [-0.3, -0.25) is 4.79 Å². The Balaban J connectivity index is 1.70. The molecule has 3 nitrogen and oxygen atoms in total. The van der Waals surface area contributed by atoms with E-state index in [1.165, 1.54) is 11.1 Å². The number of hydrogen-bond acceptors (Lipinski definition) is 3. The monoisotopic (exact) mass is 438 g/mol. The van der Waals surface area contributed by atoms with Crippen LogP contribution in [0.3, 0.4) is 0 Å². The van der Waals surface area contributed by atoms with Crippen molar-refractivity contribution in [2.75, 3.05) is 6.61 Å². The van der Waals surface area contributed by atoms with Crippen molar-refractivity contribution in [1.29, 1.82) is 0 Å². The Morgan fingerprint density at radius 2 is 1.28 bits per heavy atom. The number of aliphatic hydroxyl groups excluding tert-OH is 1. The second kappa shape index (κ2) is 13.4. The number of aliphatic hydroxyl groups is 1. The zero-order valence-corrected chi connectivity index (χ0v) is 20.3. The summed E-state index contributed by atoms with van der Waals surface area (Å²) >= 11 is 0. The fourth-order valence-corrected chi connectivity index (χ4v) is 4.66. The summed E-state index contributed by atoms with van der Waals surface area (Å²) < 4.78 is 5.14. The highest BCUT2D eigenvalue weighted by atomic mass is 16.5. The van der Waals surface area contributed by atoms with Crippen LogP contribution in [0.1, 0.15) is 89.7 Å². The van der Waals surface area contributed by atoms with Gasteiger partial charge >= 0.3 is 0 Å². The molecular weight excluding hydrogens is 396 g/mol. The molecule has 3 atom stereocenters. The lowest BCUT2D eigenvalue weighted by molar-refractivity contribution is -0.130. The van der Waals surface area contributed by atoms with Crippen LogP contribution in [0.5, 0.6) is 0 Å². The Morgan fingerprint density at radius 1 is 0.812 bits per heavy atom. The normalized spacial score (nSPS) is 16.0. The van der Waals surface area contributed by atoms with E-state index in [-0.39, 0.29) is 16.9 Å². The van der Waals surface area contributed by atoms with Crippen LogP contribution in [-0.2, 0) is 20.4 Å². The third-order valence-corrected chi connectivity index (χ3v) is 7.22. The molecule has 0 bridgehead atoms. The quantitative estimate of drug-likeness (QED) is 0.227. The molecule has 0 saturated heterocycles.